The summed E-state index contributed by atoms with van der Waals surface area (Å²) in [5.41, 5.74) is 2.16. The van der Waals surface area contributed by atoms with Crippen LogP contribution >= 0.6 is 23.4 Å². The third kappa shape index (κ3) is 2.93. The minimum atomic E-state index is -0.0258. The van der Waals surface area contributed by atoms with E-state index < -0.39 is 0 Å². The molecule has 0 amide bonds. The van der Waals surface area contributed by atoms with Gasteiger partial charge in [0.05, 0.1) is 16.8 Å². The number of hydrogen-bond acceptors (Lipinski definition) is 5. The minimum absolute atomic E-state index is 0.0258. The van der Waals surface area contributed by atoms with Crippen LogP contribution in [-0.4, -0.2) is 36.4 Å². The molecule has 2 aliphatic rings. The lowest BCUT2D eigenvalue weighted by atomic mass is 10.0. The zero-order chi connectivity index (χ0) is 18.4. The van der Waals surface area contributed by atoms with E-state index in [-0.39, 0.29) is 12.1 Å². The van der Waals surface area contributed by atoms with Crippen LogP contribution in [0.4, 0.5) is 0 Å². The van der Waals surface area contributed by atoms with Crippen molar-refractivity contribution in [3.8, 4) is 5.82 Å². The van der Waals surface area contributed by atoms with Gasteiger partial charge in [0.1, 0.15) is 11.9 Å². The molecule has 5 rings (SSSR count). The van der Waals surface area contributed by atoms with Gasteiger partial charge in [-0.2, -0.15) is 0 Å². The molecule has 0 aliphatic carbocycles. The molecular weight excluding hydrogens is 378 g/mol. The van der Waals surface area contributed by atoms with Gasteiger partial charge in [-0.25, -0.2) is 4.98 Å². The molecule has 5 heterocycles. The molecule has 0 bridgehead atoms. The van der Waals surface area contributed by atoms with Crippen LogP contribution in [0.5, 0.6) is 0 Å². The lowest BCUT2D eigenvalue weighted by Crippen LogP contribution is -2.30. The summed E-state index contributed by atoms with van der Waals surface area (Å²) in [5.74, 6) is 0.854. The Balaban J connectivity index is 1.60. The maximum atomic E-state index is 6.02. The lowest BCUT2D eigenvalue weighted by molar-refractivity contribution is 0.312. The Morgan fingerprint density at radius 2 is 2.04 bits per heavy atom. The molecule has 0 radical (unpaired) electrons. The molecule has 3 atom stereocenters. The Labute approximate surface area is 167 Å². The first-order valence-corrected chi connectivity index (χ1v) is 10.2. The normalized spacial score (nSPS) is 24.1. The van der Waals surface area contributed by atoms with Crippen LogP contribution in [0.2, 0.25) is 5.02 Å². The Morgan fingerprint density at radius 1 is 1.11 bits per heavy atom. The number of pyridine rings is 2. The zero-order valence-electron chi connectivity index (χ0n) is 14.7. The molecule has 2 aliphatic heterocycles. The first kappa shape index (κ1) is 16.8. The predicted octanol–water partition coefficient (Wildman–Crippen LogP) is 4.51. The Bertz CT molecular complexity index is 985. The van der Waals surface area contributed by atoms with Crippen LogP contribution in [0.25, 0.3) is 5.82 Å². The van der Waals surface area contributed by atoms with Crippen LogP contribution < -0.4 is 0 Å². The molecule has 5 nitrogen and oxygen atoms in total. The number of amidine groups is 1. The fourth-order valence-corrected chi connectivity index (χ4v) is 5.00. The molecule has 136 valence electrons. The second-order valence-corrected chi connectivity index (χ2v) is 8.62. The van der Waals surface area contributed by atoms with Crippen molar-refractivity contribution in [1.82, 2.24) is 19.4 Å². The summed E-state index contributed by atoms with van der Waals surface area (Å²) in [7, 11) is 0. The quantitative estimate of drug-likeness (QED) is 0.654. The van der Waals surface area contributed by atoms with E-state index in [1.807, 2.05) is 48.4 Å². The van der Waals surface area contributed by atoms with Gasteiger partial charge >= 0.3 is 0 Å². The third-order valence-electron chi connectivity index (χ3n) is 4.92. The maximum Gasteiger partial charge on any atom is 0.160 e. The molecule has 27 heavy (non-hydrogen) atoms. The third-order valence-corrected chi connectivity index (χ3v) is 6.25. The molecule has 1 saturated heterocycles. The summed E-state index contributed by atoms with van der Waals surface area (Å²) >= 11 is 7.87. The van der Waals surface area contributed by atoms with E-state index in [1.54, 1.807) is 6.20 Å². The van der Waals surface area contributed by atoms with Crippen molar-refractivity contribution in [2.45, 2.75) is 24.3 Å². The van der Waals surface area contributed by atoms with Gasteiger partial charge in [-0.1, -0.05) is 36.4 Å². The van der Waals surface area contributed by atoms with Crippen molar-refractivity contribution in [3.63, 3.8) is 0 Å². The average Bonchev–Trinajstić information content (AvgIpc) is 3.37. The number of hydrogen-bond donors (Lipinski definition) is 0. The SMILES string of the molecule is C[C@@H]1CN2C(=N[C@H](c3ccccn3)[C@@H]2c2cccn2-c2ccc(Cl)cn2)S1. The van der Waals surface area contributed by atoms with Gasteiger partial charge in [0.25, 0.3) is 0 Å². The number of aromatic nitrogens is 3. The number of rotatable bonds is 3. The minimum Gasteiger partial charge on any atom is -0.339 e. The van der Waals surface area contributed by atoms with Gasteiger partial charge in [-0.15, -0.1) is 0 Å². The standard InChI is InChI=1S/C20H18ClN5S/c1-13-12-26-19(18(24-20(26)27-13)15-5-2-3-9-22-15)16-6-4-10-25(16)17-8-7-14(21)11-23-17/h2-11,13,18-19H,12H2,1H3/t13-,18-,19+/m1/s1. The number of nitrogens with zero attached hydrogens (tertiary/aromatic N) is 5. The molecule has 0 aromatic carbocycles. The fourth-order valence-electron chi connectivity index (χ4n) is 3.79. The Morgan fingerprint density at radius 3 is 2.81 bits per heavy atom. The van der Waals surface area contributed by atoms with Gasteiger partial charge in [0.2, 0.25) is 0 Å². The summed E-state index contributed by atoms with van der Waals surface area (Å²) < 4.78 is 2.13. The molecule has 0 saturated carbocycles. The number of halogens is 1. The van der Waals surface area contributed by atoms with Crippen LogP contribution in [0.1, 0.15) is 30.4 Å². The average molecular weight is 396 g/mol. The lowest BCUT2D eigenvalue weighted by Gasteiger charge is -2.28. The van der Waals surface area contributed by atoms with E-state index >= 15 is 0 Å². The van der Waals surface area contributed by atoms with E-state index in [4.69, 9.17) is 16.6 Å². The molecule has 1 fully saturated rings. The van der Waals surface area contributed by atoms with Gasteiger partial charge in [0, 0.05) is 36.1 Å². The predicted molar refractivity (Wildman–Crippen MR) is 109 cm³/mol. The molecule has 7 heteroatoms. The molecule has 0 N–H and O–H groups in total. The molecular formula is C20H18ClN5S. The second-order valence-electron chi connectivity index (χ2n) is 6.77. The summed E-state index contributed by atoms with van der Waals surface area (Å²) in [6.45, 7) is 3.23. The Hall–Kier alpha value is -2.31. The van der Waals surface area contributed by atoms with Crippen LogP contribution in [0, 0.1) is 0 Å². The largest absolute Gasteiger partial charge is 0.339 e. The topological polar surface area (TPSA) is 46.3 Å². The van der Waals surface area contributed by atoms with Crippen LogP contribution in [0.3, 0.4) is 0 Å². The van der Waals surface area contributed by atoms with E-state index in [9.17, 15) is 0 Å². The molecule has 0 unspecified atom stereocenters. The Kier molecular flexibility index (Phi) is 4.17. The van der Waals surface area contributed by atoms with E-state index in [2.05, 4.69) is 44.6 Å². The van der Waals surface area contributed by atoms with E-state index in [0.717, 1.165) is 28.9 Å². The monoisotopic (exact) mass is 395 g/mol. The fraction of sp³-hybridized carbons (Fsp3) is 0.250. The van der Waals surface area contributed by atoms with Crippen molar-refractivity contribution >= 4 is 28.5 Å². The zero-order valence-corrected chi connectivity index (χ0v) is 16.3. The first-order valence-electron chi connectivity index (χ1n) is 8.92. The van der Waals surface area contributed by atoms with E-state index in [0.29, 0.717) is 10.3 Å². The number of fused-ring (bicyclic) bond motifs is 1. The van der Waals surface area contributed by atoms with Gasteiger partial charge < -0.3 is 9.47 Å². The molecule has 0 spiro atoms. The number of aliphatic imine (C=N–C) groups is 1. The van der Waals surface area contributed by atoms with Crippen molar-refractivity contribution in [3.05, 3.63) is 77.5 Å². The highest BCUT2D eigenvalue weighted by molar-refractivity contribution is 8.14. The highest BCUT2D eigenvalue weighted by atomic mass is 35.5. The van der Waals surface area contributed by atoms with Gasteiger partial charge in [-0.3, -0.25) is 9.98 Å². The molecule has 3 aromatic heterocycles. The first-order chi connectivity index (χ1) is 13.2. The summed E-state index contributed by atoms with van der Waals surface area (Å²) in [4.78, 5) is 16.6. The van der Waals surface area contributed by atoms with Crippen LogP contribution in [0.15, 0.2) is 66.0 Å². The highest BCUT2D eigenvalue weighted by Crippen LogP contribution is 2.47. The summed E-state index contributed by atoms with van der Waals surface area (Å²) in [5, 5.41) is 2.28. The van der Waals surface area contributed by atoms with Crippen LogP contribution in [-0.2, 0) is 0 Å². The van der Waals surface area contributed by atoms with Crippen molar-refractivity contribution < 1.29 is 0 Å². The van der Waals surface area contributed by atoms with Gasteiger partial charge in [-0.05, 0) is 36.4 Å². The molecule has 3 aromatic rings. The smallest absolute Gasteiger partial charge is 0.160 e. The summed E-state index contributed by atoms with van der Waals surface area (Å²) in [6.07, 6.45) is 5.57. The number of thioether (sulfide) groups is 1. The van der Waals surface area contributed by atoms with Gasteiger partial charge in [0.15, 0.2) is 5.17 Å². The van der Waals surface area contributed by atoms with Crippen molar-refractivity contribution in [2.24, 2.45) is 4.99 Å². The second kappa shape index (κ2) is 6.69. The maximum absolute atomic E-state index is 6.02. The highest BCUT2D eigenvalue weighted by Gasteiger charge is 2.44. The van der Waals surface area contributed by atoms with Crippen molar-refractivity contribution in [1.29, 1.82) is 0 Å². The van der Waals surface area contributed by atoms with E-state index in [1.165, 1.54) is 0 Å². The van der Waals surface area contributed by atoms with Crippen molar-refractivity contribution in [2.75, 3.05) is 6.54 Å². The summed E-state index contributed by atoms with van der Waals surface area (Å²) in [6, 6.07) is 14.1.